The molecule has 1 aliphatic heterocycles. The lowest BCUT2D eigenvalue weighted by atomic mass is 10.2. The predicted octanol–water partition coefficient (Wildman–Crippen LogP) is 2.02. The fourth-order valence-corrected chi connectivity index (χ4v) is 2.54. The number of nitrogens with zero attached hydrogens (tertiary/aromatic N) is 1. The number of nitrogens with one attached hydrogen (secondary N) is 1. The summed E-state index contributed by atoms with van der Waals surface area (Å²) in [6, 6.07) is 8.97. The molecule has 0 saturated carbocycles. The fraction of sp³-hybridized carbons (Fsp3) is 0.385. The van der Waals surface area contributed by atoms with Crippen LogP contribution in [0.15, 0.2) is 24.3 Å². The van der Waals surface area contributed by atoms with Crippen LogP contribution >= 0.6 is 11.8 Å². The van der Waals surface area contributed by atoms with Gasteiger partial charge < -0.3 is 10.1 Å². The van der Waals surface area contributed by atoms with Gasteiger partial charge in [-0.15, -0.1) is 0 Å². The van der Waals surface area contributed by atoms with Crippen LogP contribution in [0.3, 0.4) is 0 Å². The maximum absolute atomic E-state index is 11.7. The molecule has 1 aliphatic rings. The van der Waals surface area contributed by atoms with Crippen molar-refractivity contribution in [2.45, 2.75) is 11.7 Å². The van der Waals surface area contributed by atoms with Crippen molar-refractivity contribution in [1.29, 1.82) is 5.26 Å². The lowest BCUT2D eigenvalue weighted by Gasteiger charge is -2.24. The molecular weight excluding hydrogens is 248 g/mol. The number of hydrogen-bond donors (Lipinski definition) is 1. The van der Waals surface area contributed by atoms with Crippen LogP contribution in [-0.4, -0.2) is 30.1 Å². The van der Waals surface area contributed by atoms with Gasteiger partial charge in [0.2, 0.25) is 5.91 Å². The van der Waals surface area contributed by atoms with E-state index < -0.39 is 0 Å². The number of anilines is 1. The van der Waals surface area contributed by atoms with Crippen molar-refractivity contribution in [3.8, 4) is 6.07 Å². The maximum atomic E-state index is 11.7. The van der Waals surface area contributed by atoms with Gasteiger partial charge in [0, 0.05) is 17.9 Å². The summed E-state index contributed by atoms with van der Waals surface area (Å²) in [6.07, 6.45) is 0.484. The van der Waals surface area contributed by atoms with Crippen LogP contribution in [0.1, 0.15) is 12.0 Å². The highest BCUT2D eigenvalue weighted by atomic mass is 32.2. The number of benzene rings is 1. The van der Waals surface area contributed by atoms with E-state index in [9.17, 15) is 4.79 Å². The van der Waals surface area contributed by atoms with Gasteiger partial charge in [-0.05, 0) is 18.2 Å². The third kappa shape index (κ3) is 3.76. The van der Waals surface area contributed by atoms with Crippen molar-refractivity contribution in [3.05, 3.63) is 29.8 Å². The molecule has 1 saturated heterocycles. The van der Waals surface area contributed by atoms with E-state index >= 15 is 0 Å². The second kappa shape index (κ2) is 6.43. The lowest BCUT2D eigenvalue weighted by molar-refractivity contribution is -0.115. The molecular formula is C13H14N2O2S. The Balaban J connectivity index is 1.74. The Kier molecular flexibility index (Phi) is 4.62. The molecule has 1 heterocycles. The molecule has 18 heavy (non-hydrogen) atoms. The minimum atomic E-state index is -0.0159. The Morgan fingerprint density at radius 3 is 3.06 bits per heavy atom. The van der Waals surface area contributed by atoms with Crippen molar-refractivity contribution in [1.82, 2.24) is 0 Å². The first-order valence-electron chi connectivity index (χ1n) is 5.77. The first kappa shape index (κ1) is 12.9. The Labute approximate surface area is 110 Å². The molecule has 1 fully saturated rings. The summed E-state index contributed by atoms with van der Waals surface area (Å²) in [5.41, 5.74) is 1.23. The van der Waals surface area contributed by atoms with E-state index in [1.54, 1.807) is 36.0 Å². The first-order valence-corrected chi connectivity index (χ1v) is 6.82. The summed E-state index contributed by atoms with van der Waals surface area (Å²) in [6.45, 7) is 1.60. The van der Waals surface area contributed by atoms with Gasteiger partial charge >= 0.3 is 0 Å². The van der Waals surface area contributed by atoms with Gasteiger partial charge in [0.15, 0.2) is 0 Å². The van der Waals surface area contributed by atoms with Crippen molar-refractivity contribution in [2.24, 2.45) is 0 Å². The third-order valence-corrected chi connectivity index (χ3v) is 3.75. The summed E-state index contributed by atoms with van der Waals surface area (Å²) in [5.74, 6) is 0.787. The highest BCUT2D eigenvalue weighted by Gasteiger charge is 2.18. The monoisotopic (exact) mass is 262 g/mol. The van der Waals surface area contributed by atoms with E-state index in [0.717, 1.165) is 19.0 Å². The quantitative estimate of drug-likeness (QED) is 0.881. The smallest absolute Gasteiger partial charge is 0.225 e. The fourth-order valence-electron chi connectivity index (χ4n) is 1.52. The van der Waals surface area contributed by atoms with E-state index in [4.69, 9.17) is 10.00 Å². The van der Waals surface area contributed by atoms with Crippen LogP contribution in [0.4, 0.5) is 5.69 Å². The van der Waals surface area contributed by atoms with Crippen LogP contribution in [0.5, 0.6) is 0 Å². The summed E-state index contributed by atoms with van der Waals surface area (Å²) in [4.78, 5) is 11.7. The van der Waals surface area contributed by atoms with Gasteiger partial charge in [-0.1, -0.05) is 6.07 Å². The molecule has 0 unspecified atom stereocenters. The Morgan fingerprint density at radius 2 is 2.39 bits per heavy atom. The van der Waals surface area contributed by atoms with Crippen LogP contribution in [0.25, 0.3) is 0 Å². The zero-order chi connectivity index (χ0) is 12.8. The molecule has 5 heteroatoms. The minimum absolute atomic E-state index is 0.0159. The topological polar surface area (TPSA) is 62.1 Å². The standard InChI is InChI=1S/C13H14N2O2S/c14-7-10-2-1-3-11(6-10)15-13(16)4-5-18-12-8-17-9-12/h1-3,6,12H,4-5,8-9H2,(H,15,16). The molecule has 0 bridgehead atoms. The van der Waals surface area contributed by atoms with Crippen LogP contribution < -0.4 is 5.32 Å². The first-order chi connectivity index (χ1) is 8.78. The molecule has 0 atom stereocenters. The number of thioether (sulfide) groups is 1. The van der Waals surface area contributed by atoms with Crippen LogP contribution in [0, 0.1) is 11.3 Å². The van der Waals surface area contributed by atoms with Gasteiger partial charge in [0.05, 0.1) is 30.1 Å². The Hall–Kier alpha value is -1.51. The average Bonchev–Trinajstić information content (AvgIpc) is 2.32. The summed E-state index contributed by atoms with van der Waals surface area (Å²) >= 11 is 1.77. The molecule has 1 amide bonds. The zero-order valence-electron chi connectivity index (χ0n) is 9.89. The molecule has 2 rings (SSSR count). The largest absolute Gasteiger partial charge is 0.379 e. The minimum Gasteiger partial charge on any atom is -0.379 e. The molecule has 0 spiro atoms. The average molecular weight is 262 g/mol. The SMILES string of the molecule is N#Cc1cccc(NC(=O)CCSC2COC2)c1. The summed E-state index contributed by atoms with van der Waals surface area (Å²) in [7, 11) is 0. The van der Waals surface area contributed by atoms with Crippen molar-refractivity contribution in [2.75, 3.05) is 24.3 Å². The number of ether oxygens (including phenoxy) is 1. The number of nitriles is 1. The Morgan fingerprint density at radius 1 is 1.56 bits per heavy atom. The molecule has 0 aliphatic carbocycles. The highest BCUT2D eigenvalue weighted by molar-refractivity contribution is 8.00. The second-order valence-electron chi connectivity index (χ2n) is 4.02. The summed E-state index contributed by atoms with van der Waals surface area (Å²) in [5, 5.41) is 12.1. The number of hydrogen-bond acceptors (Lipinski definition) is 4. The van der Waals surface area contributed by atoms with Gasteiger partial charge in [0.1, 0.15) is 0 Å². The molecule has 1 aromatic rings. The van der Waals surface area contributed by atoms with Gasteiger partial charge in [-0.2, -0.15) is 17.0 Å². The molecule has 1 aromatic carbocycles. The zero-order valence-corrected chi connectivity index (χ0v) is 10.7. The van der Waals surface area contributed by atoms with E-state index in [2.05, 4.69) is 5.32 Å². The molecule has 0 aromatic heterocycles. The number of rotatable bonds is 5. The maximum Gasteiger partial charge on any atom is 0.225 e. The van der Waals surface area contributed by atoms with Gasteiger partial charge in [0.25, 0.3) is 0 Å². The van der Waals surface area contributed by atoms with Crippen molar-refractivity contribution in [3.63, 3.8) is 0 Å². The molecule has 94 valence electrons. The molecule has 4 nitrogen and oxygen atoms in total. The normalized spacial score (nSPS) is 14.6. The predicted molar refractivity (Wildman–Crippen MR) is 71.5 cm³/mol. The number of carbonyl (C=O) groups excluding carboxylic acids is 1. The molecule has 0 radical (unpaired) electrons. The highest BCUT2D eigenvalue weighted by Crippen LogP contribution is 2.19. The number of carbonyl (C=O) groups is 1. The summed E-state index contributed by atoms with van der Waals surface area (Å²) < 4.78 is 5.06. The Bertz CT molecular complexity index is 466. The second-order valence-corrected chi connectivity index (χ2v) is 5.43. The number of amides is 1. The molecule has 1 N–H and O–H groups in total. The van der Waals surface area contributed by atoms with E-state index in [-0.39, 0.29) is 5.91 Å². The van der Waals surface area contributed by atoms with Gasteiger partial charge in [-0.25, -0.2) is 0 Å². The van der Waals surface area contributed by atoms with Crippen molar-refractivity contribution < 1.29 is 9.53 Å². The van der Waals surface area contributed by atoms with Crippen molar-refractivity contribution >= 4 is 23.4 Å². The van der Waals surface area contributed by atoms with E-state index in [1.165, 1.54) is 0 Å². The van der Waals surface area contributed by atoms with E-state index in [1.807, 2.05) is 6.07 Å². The van der Waals surface area contributed by atoms with E-state index in [0.29, 0.717) is 22.9 Å². The third-order valence-electron chi connectivity index (χ3n) is 2.57. The lowest BCUT2D eigenvalue weighted by Crippen LogP contribution is -2.30. The van der Waals surface area contributed by atoms with Crippen LogP contribution in [0.2, 0.25) is 0 Å². The van der Waals surface area contributed by atoms with Gasteiger partial charge in [-0.3, -0.25) is 4.79 Å². The van der Waals surface area contributed by atoms with Crippen LogP contribution in [-0.2, 0) is 9.53 Å².